The van der Waals surface area contributed by atoms with Gasteiger partial charge in [-0.15, -0.1) is 12.4 Å². The second-order valence-corrected chi connectivity index (χ2v) is 5.10. The maximum absolute atomic E-state index is 11.6. The van der Waals surface area contributed by atoms with Crippen molar-refractivity contribution in [3.05, 3.63) is 53.6 Å². The maximum Gasteiger partial charge on any atom is 0.170 e. The summed E-state index contributed by atoms with van der Waals surface area (Å²) in [5, 5.41) is 26.0. The molecule has 4 N–H and O–H groups in total. The first kappa shape index (κ1) is 20.9. The summed E-state index contributed by atoms with van der Waals surface area (Å²) < 4.78 is 10.3. The average Bonchev–Trinajstić information content (AvgIpc) is 2.65. The Labute approximate surface area is 156 Å². The minimum Gasteiger partial charge on any atom is -0.548 e. The van der Waals surface area contributed by atoms with Gasteiger partial charge in [0.05, 0.1) is 26.2 Å². The van der Waals surface area contributed by atoms with Crippen LogP contribution in [0.25, 0.3) is 0 Å². The van der Waals surface area contributed by atoms with Gasteiger partial charge < -0.3 is 35.6 Å². The second kappa shape index (κ2) is 9.38. The molecule has 0 bridgehead atoms. The molecule has 1 atom stereocenters. The molecule has 2 rings (SSSR count). The fraction of sp³-hybridized carbons (Fsp3) is 0.176. The Balaban J connectivity index is 0.00000338. The minimum atomic E-state index is -1.31. The highest BCUT2D eigenvalue weighted by molar-refractivity contribution is 5.97. The van der Waals surface area contributed by atoms with Gasteiger partial charge >= 0.3 is 0 Å². The highest BCUT2D eigenvalue weighted by Gasteiger charge is 2.15. The highest BCUT2D eigenvalue weighted by atomic mass is 35.5. The lowest BCUT2D eigenvalue weighted by atomic mass is 10.1. The Hall–Kier alpha value is -3.13. The lowest BCUT2D eigenvalue weighted by Gasteiger charge is -2.22. The summed E-state index contributed by atoms with van der Waals surface area (Å²) in [5.74, 6) is -0.425. The molecule has 9 heteroatoms. The van der Waals surface area contributed by atoms with Crippen molar-refractivity contribution in [1.82, 2.24) is 0 Å². The van der Waals surface area contributed by atoms with Crippen molar-refractivity contribution in [3.63, 3.8) is 0 Å². The summed E-state index contributed by atoms with van der Waals surface area (Å²) in [5.41, 5.74) is 6.93. The zero-order valence-corrected chi connectivity index (χ0v) is 14.9. The van der Waals surface area contributed by atoms with Gasteiger partial charge in [0, 0.05) is 17.3 Å². The molecule has 0 saturated carbocycles. The van der Waals surface area contributed by atoms with E-state index >= 15 is 0 Å². The topological polar surface area (TPSA) is 129 Å². The van der Waals surface area contributed by atoms with Gasteiger partial charge in [-0.1, -0.05) is 5.16 Å². The van der Waals surface area contributed by atoms with Crippen molar-refractivity contribution in [1.29, 1.82) is 0 Å². The molecular formula is C17H19ClN3O5-. The standard InChI is InChI=1S/C17H19N3O5.ClH/c1-24-13-7-11(8-14(9-13)25-2)15(17(21)22)19-12-5-3-10(4-6-12)16(18)20-23;/h3-9,15,19,23H,1-2H3,(H2,18,20)(H,21,22);1H/p-1. The third kappa shape index (κ3) is 4.93. The van der Waals surface area contributed by atoms with Gasteiger partial charge in [-0.2, -0.15) is 0 Å². The van der Waals surface area contributed by atoms with Gasteiger partial charge in [-0.25, -0.2) is 0 Å². The van der Waals surface area contributed by atoms with Crippen molar-refractivity contribution in [2.75, 3.05) is 19.5 Å². The molecule has 26 heavy (non-hydrogen) atoms. The SMILES string of the molecule is COc1cc(OC)cc(C(Nc2ccc(/C(N)=N\O)cc2)C(=O)[O-])c1.Cl. The predicted molar refractivity (Wildman–Crippen MR) is 97.1 cm³/mol. The summed E-state index contributed by atoms with van der Waals surface area (Å²) in [6.07, 6.45) is 0. The monoisotopic (exact) mass is 380 g/mol. The second-order valence-electron chi connectivity index (χ2n) is 5.10. The van der Waals surface area contributed by atoms with E-state index in [1.807, 2.05) is 0 Å². The Bertz CT molecular complexity index is 758. The summed E-state index contributed by atoms with van der Waals surface area (Å²) in [4.78, 5) is 11.6. The smallest absolute Gasteiger partial charge is 0.170 e. The molecule has 0 spiro atoms. The summed E-state index contributed by atoms with van der Waals surface area (Å²) in [6, 6.07) is 10.1. The number of benzene rings is 2. The minimum absolute atomic E-state index is 0. The lowest BCUT2D eigenvalue weighted by molar-refractivity contribution is -0.307. The van der Waals surface area contributed by atoms with E-state index in [1.165, 1.54) is 14.2 Å². The largest absolute Gasteiger partial charge is 0.548 e. The summed E-state index contributed by atoms with van der Waals surface area (Å²) in [6.45, 7) is 0. The number of carbonyl (C=O) groups is 1. The maximum atomic E-state index is 11.6. The molecule has 8 nitrogen and oxygen atoms in total. The zero-order valence-electron chi connectivity index (χ0n) is 14.1. The number of aliphatic carboxylic acids is 1. The number of hydrogen-bond donors (Lipinski definition) is 3. The number of methoxy groups -OCH3 is 2. The molecule has 0 radical (unpaired) electrons. The van der Waals surface area contributed by atoms with Gasteiger partial charge in [0.25, 0.3) is 0 Å². The van der Waals surface area contributed by atoms with Crippen molar-refractivity contribution < 1.29 is 24.6 Å². The first-order valence-corrected chi connectivity index (χ1v) is 7.26. The third-order valence-corrected chi connectivity index (χ3v) is 3.54. The summed E-state index contributed by atoms with van der Waals surface area (Å²) >= 11 is 0. The molecule has 2 aromatic rings. The molecular weight excluding hydrogens is 362 g/mol. The van der Waals surface area contributed by atoms with Crippen LogP contribution in [-0.2, 0) is 4.79 Å². The van der Waals surface area contributed by atoms with Crippen LogP contribution < -0.4 is 25.6 Å². The number of carboxylic acids is 1. The predicted octanol–water partition coefficient (Wildman–Crippen LogP) is 1.12. The van der Waals surface area contributed by atoms with Gasteiger partial charge in [-0.3, -0.25) is 0 Å². The number of rotatable bonds is 7. The number of halogens is 1. The van der Waals surface area contributed by atoms with Gasteiger partial charge in [-0.05, 0) is 42.0 Å². The first-order chi connectivity index (χ1) is 12.0. The first-order valence-electron chi connectivity index (χ1n) is 7.26. The molecule has 140 valence electrons. The van der Waals surface area contributed by atoms with Crippen LogP contribution in [0.5, 0.6) is 11.5 Å². The number of carbonyl (C=O) groups excluding carboxylic acids is 1. The molecule has 0 aromatic heterocycles. The normalized spacial score (nSPS) is 11.8. The van der Waals surface area contributed by atoms with E-state index < -0.39 is 12.0 Å². The zero-order chi connectivity index (χ0) is 18.4. The molecule has 0 amide bonds. The Morgan fingerprint density at radius 2 is 1.69 bits per heavy atom. The highest BCUT2D eigenvalue weighted by Crippen LogP contribution is 2.28. The number of hydrogen-bond acceptors (Lipinski definition) is 7. The quantitative estimate of drug-likeness (QED) is 0.284. The van der Waals surface area contributed by atoms with Crippen LogP contribution in [0.4, 0.5) is 5.69 Å². The van der Waals surface area contributed by atoms with Gasteiger partial charge in [0.2, 0.25) is 0 Å². The van der Waals surface area contributed by atoms with Crippen LogP contribution in [0.2, 0.25) is 0 Å². The number of nitrogens with zero attached hydrogens (tertiary/aromatic N) is 1. The van der Waals surface area contributed by atoms with Crippen LogP contribution in [0, 0.1) is 0 Å². The lowest BCUT2D eigenvalue weighted by Crippen LogP contribution is -2.34. The fourth-order valence-electron chi connectivity index (χ4n) is 2.24. The molecule has 0 saturated heterocycles. The Morgan fingerprint density at radius 1 is 1.15 bits per heavy atom. The molecule has 0 fully saturated rings. The van der Waals surface area contributed by atoms with Crippen molar-refractivity contribution in [3.8, 4) is 11.5 Å². The average molecular weight is 381 g/mol. The van der Waals surface area contributed by atoms with E-state index in [0.717, 1.165) is 0 Å². The number of amidine groups is 1. The van der Waals surface area contributed by atoms with Crippen molar-refractivity contribution in [2.24, 2.45) is 10.9 Å². The number of carboxylic acid groups (broad SMARTS) is 1. The van der Waals surface area contributed by atoms with Crippen LogP contribution in [-0.4, -0.2) is 31.2 Å². The van der Waals surface area contributed by atoms with Crippen molar-refractivity contribution >= 4 is 29.9 Å². The number of anilines is 1. The Morgan fingerprint density at radius 3 is 2.12 bits per heavy atom. The molecule has 0 heterocycles. The van der Waals surface area contributed by atoms with Crippen LogP contribution >= 0.6 is 12.4 Å². The molecule has 0 aliphatic heterocycles. The third-order valence-electron chi connectivity index (χ3n) is 3.54. The van der Waals surface area contributed by atoms with Crippen molar-refractivity contribution in [2.45, 2.75) is 6.04 Å². The van der Waals surface area contributed by atoms with E-state index in [2.05, 4.69) is 10.5 Å². The molecule has 0 aliphatic rings. The van der Waals surface area contributed by atoms with Crippen LogP contribution in [0.15, 0.2) is 47.6 Å². The molecule has 0 aliphatic carbocycles. The molecule has 1 unspecified atom stereocenters. The molecule has 2 aromatic carbocycles. The van der Waals surface area contributed by atoms with E-state index in [0.29, 0.717) is 28.3 Å². The van der Waals surface area contributed by atoms with E-state index in [-0.39, 0.29) is 18.2 Å². The van der Waals surface area contributed by atoms with Gasteiger partial charge in [0.1, 0.15) is 11.5 Å². The number of nitrogens with two attached hydrogens (primary N) is 1. The number of oxime groups is 1. The number of nitrogens with one attached hydrogen (secondary N) is 1. The van der Waals surface area contributed by atoms with E-state index in [4.69, 9.17) is 20.4 Å². The van der Waals surface area contributed by atoms with Crippen LogP contribution in [0.1, 0.15) is 17.2 Å². The van der Waals surface area contributed by atoms with Crippen LogP contribution in [0.3, 0.4) is 0 Å². The van der Waals surface area contributed by atoms with Gasteiger partial charge in [0.15, 0.2) is 5.84 Å². The number of ether oxygens (including phenoxy) is 2. The fourth-order valence-corrected chi connectivity index (χ4v) is 2.24. The van der Waals surface area contributed by atoms with E-state index in [1.54, 1.807) is 42.5 Å². The Kier molecular flexibility index (Phi) is 7.54. The summed E-state index contributed by atoms with van der Waals surface area (Å²) in [7, 11) is 2.96. The van der Waals surface area contributed by atoms with E-state index in [9.17, 15) is 9.90 Å².